The lowest BCUT2D eigenvalue weighted by Gasteiger charge is -2.09. The summed E-state index contributed by atoms with van der Waals surface area (Å²) in [6.45, 7) is 2.76. The molecule has 0 spiro atoms. The lowest BCUT2D eigenvalue weighted by Crippen LogP contribution is -2.16. The van der Waals surface area contributed by atoms with Gasteiger partial charge in [0.15, 0.2) is 0 Å². The van der Waals surface area contributed by atoms with Gasteiger partial charge in [-0.2, -0.15) is 0 Å². The molecule has 2 radical (unpaired) electrons. The Balaban J connectivity index is 2.27. The summed E-state index contributed by atoms with van der Waals surface area (Å²) in [5.74, 6) is 0.472. The molecule has 10 heavy (non-hydrogen) atoms. The second kappa shape index (κ2) is 3.40. The first-order valence-electron chi connectivity index (χ1n) is 3.64. The van der Waals surface area contributed by atoms with Crippen molar-refractivity contribution in [2.75, 3.05) is 13.7 Å². The molecule has 0 aliphatic carbocycles. The molecule has 0 aromatic rings. The molecule has 1 aliphatic rings. The van der Waals surface area contributed by atoms with Crippen molar-refractivity contribution in [1.29, 1.82) is 0 Å². The molecule has 1 fully saturated rings. The highest BCUT2D eigenvalue weighted by Crippen LogP contribution is 2.23. The van der Waals surface area contributed by atoms with Crippen molar-refractivity contribution >= 4 is 7.85 Å². The number of hydrogen-bond acceptors (Lipinski definition) is 2. The van der Waals surface area contributed by atoms with Gasteiger partial charge in [0, 0.05) is 13.1 Å². The van der Waals surface area contributed by atoms with Gasteiger partial charge in [-0.05, 0) is 12.3 Å². The molecule has 1 saturated heterocycles. The Kier molecular flexibility index (Phi) is 2.75. The predicted octanol–water partition coefficient (Wildman–Crippen LogP) is 0.552. The predicted molar refractivity (Wildman–Crippen MR) is 40.1 cm³/mol. The number of ether oxygens (including phenoxy) is 2. The van der Waals surface area contributed by atoms with Crippen molar-refractivity contribution in [3.63, 3.8) is 0 Å². The van der Waals surface area contributed by atoms with E-state index in [4.69, 9.17) is 17.3 Å². The van der Waals surface area contributed by atoms with E-state index in [1.54, 1.807) is 7.11 Å². The summed E-state index contributed by atoms with van der Waals surface area (Å²) >= 11 is 0. The maximum Gasteiger partial charge on any atom is 0.109 e. The van der Waals surface area contributed by atoms with Gasteiger partial charge in [0.25, 0.3) is 0 Å². The summed E-state index contributed by atoms with van der Waals surface area (Å²) in [6, 6.07) is -0.0832. The molecule has 1 heterocycles. The van der Waals surface area contributed by atoms with Crippen LogP contribution >= 0.6 is 0 Å². The smallest absolute Gasteiger partial charge is 0.109 e. The van der Waals surface area contributed by atoms with Crippen molar-refractivity contribution in [2.24, 2.45) is 5.92 Å². The number of methoxy groups -OCH3 is 1. The standard InChI is InChI=1S/C7H13BO2/c1-5-3-6(4-9-2)10-7(5)8/h5-7H,3-4H2,1-2H3/t5?,6-,7+/m0/s1. The van der Waals surface area contributed by atoms with Crippen LogP contribution in [0.15, 0.2) is 0 Å². The number of rotatable bonds is 2. The highest BCUT2D eigenvalue weighted by Gasteiger charge is 2.27. The first kappa shape index (κ1) is 8.09. The van der Waals surface area contributed by atoms with Gasteiger partial charge in [-0.25, -0.2) is 0 Å². The Hall–Kier alpha value is -0.0151. The van der Waals surface area contributed by atoms with E-state index in [9.17, 15) is 0 Å². The first-order valence-corrected chi connectivity index (χ1v) is 3.64. The minimum Gasteiger partial charge on any atom is -0.382 e. The van der Waals surface area contributed by atoms with E-state index >= 15 is 0 Å². The molecule has 2 nitrogen and oxygen atoms in total. The average Bonchev–Trinajstić information content (AvgIpc) is 2.14. The Morgan fingerprint density at radius 1 is 1.70 bits per heavy atom. The third-order valence-corrected chi connectivity index (χ3v) is 1.90. The summed E-state index contributed by atoms with van der Waals surface area (Å²) < 4.78 is 10.3. The van der Waals surface area contributed by atoms with Crippen LogP contribution in [0.1, 0.15) is 13.3 Å². The summed E-state index contributed by atoms with van der Waals surface area (Å²) in [5, 5.41) is 0. The van der Waals surface area contributed by atoms with Gasteiger partial charge < -0.3 is 9.47 Å². The van der Waals surface area contributed by atoms with Crippen LogP contribution in [0, 0.1) is 5.92 Å². The highest BCUT2D eigenvalue weighted by molar-refractivity contribution is 6.11. The van der Waals surface area contributed by atoms with Crippen LogP contribution in [-0.2, 0) is 9.47 Å². The van der Waals surface area contributed by atoms with Crippen LogP contribution in [0.25, 0.3) is 0 Å². The van der Waals surface area contributed by atoms with E-state index in [0.29, 0.717) is 12.5 Å². The normalized spacial score (nSPS) is 40.4. The summed E-state index contributed by atoms with van der Waals surface area (Å²) in [4.78, 5) is 0. The monoisotopic (exact) mass is 140 g/mol. The topological polar surface area (TPSA) is 18.5 Å². The minimum absolute atomic E-state index is 0.0832. The van der Waals surface area contributed by atoms with Crippen LogP contribution in [0.5, 0.6) is 0 Å². The molecule has 0 N–H and O–H groups in total. The maximum atomic E-state index is 5.62. The van der Waals surface area contributed by atoms with Crippen molar-refractivity contribution in [3.8, 4) is 0 Å². The summed E-state index contributed by atoms with van der Waals surface area (Å²) in [7, 11) is 7.30. The molecule has 0 aromatic carbocycles. The van der Waals surface area contributed by atoms with Gasteiger partial charge in [0.1, 0.15) is 7.85 Å². The van der Waals surface area contributed by atoms with Crippen LogP contribution in [0.3, 0.4) is 0 Å². The minimum atomic E-state index is -0.0832. The SMILES string of the molecule is [B][C@@H]1O[C@H](COC)CC1C. The molecule has 0 bridgehead atoms. The maximum absolute atomic E-state index is 5.62. The van der Waals surface area contributed by atoms with E-state index in [0.717, 1.165) is 6.42 Å². The van der Waals surface area contributed by atoms with Crippen molar-refractivity contribution < 1.29 is 9.47 Å². The summed E-state index contributed by atoms with van der Waals surface area (Å²) in [5.41, 5.74) is 0. The number of hydrogen-bond donors (Lipinski definition) is 0. The van der Waals surface area contributed by atoms with Gasteiger partial charge in [0.05, 0.1) is 12.7 Å². The van der Waals surface area contributed by atoms with Gasteiger partial charge in [-0.15, -0.1) is 0 Å². The fourth-order valence-corrected chi connectivity index (χ4v) is 1.25. The van der Waals surface area contributed by atoms with Crippen LogP contribution in [-0.4, -0.2) is 33.7 Å². The highest BCUT2D eigenvalue weighted by atomic mass is 16.5. The molecule has 0 aromatic heterocycles. The molecule has 1 rings (SSSR count). The van der Waals surface area contributed by atoms with E-state index in [1.165, 1.54) is 0 Å². The second-order valence-corrected chi connectivity index (χ2v) is 2.89. The fourth-order valence-electron chi connectivity index (χ4n) is 1.25. The first-order chi connectivity index (χ1) is 4.74. The van der Waals surface area contributed by atoms with Gasteiger partial charge in [0.2, 0.25) is 0 Å². The zero-order valence-electron chi connectivity index (χ0n) is 6.54. The molecule has 3 heteroatoms. The molecule has 1 unspecified atom stereocenters. The molecule has 0 amide bonds. The van der Waals surface area contributed by atoms with Crippen molar-refractivity contribution in [3.05, 3.63) is 0 Å². The third-order valence-electron chi connectivity index (χ3n) is 1.90. The van der Waals surface area contributed by atoms with Gasteiger partial charge in [-0.3, -0.25) is 0 Å². The van der Waals surface area contributed by atoms with E-state index in [2.05, 4.69) is 6.92 Å². The Morgan fingerprint density at radius 2 is 2.40 bits per heavy atom. The van der Waals surface area contributed by atoms with E-state index < -0.39 is 0 Å². The molecular formula is C7H13BO2. The van der Waals surface area contributed by atoms with Crippen LogP contribution in [0.4, 0.5) is 0 Å². The van der Waals surface area contributed by atoms with Crippen LogP contribution in [0.2, 0.25) is 0 Å². The Bertz CT molecular complexity index is 97.8. The molecule has 56 valence electrons. The molecule has 3 atom stereocenters. The van der Waals surface area contributed by atoms with Crippen molar-refractivity contribution in [2.45, 2.75) is 25.5 Å². The lowest BCUT2D eigenvalue weighted by atomic mass is 9.88. The average molecular weight is 140 g/mol. The van der Waals surface area contributed by atoms with E-state index in [1.807, 2.05) is 0 Å². The van der Waals surface area contributed by atoms with E-state index in [-0.39, 0.29) is 12.1 Å². The second-order valence-electron chi connectivity index (χ2n) is 2.89. The largest absolute Gasteiger partial charge is 0.382 e. The van der Waals surface area contributed by atoms with Gasteiger partial charge >= 0.3 is 0 Å². The Labute approximate surface area is 63.3 Å². The lowest BCUT2D eigenvalue weighted by molar-refractivity contribution is 0.0231. The van der Waals surface area contributed by atoms with Crippen molar-refractivity contribution in [1.82, 2.24) is 0 Å². The third kappa shape index (κ3) is 1.73. The fraction of sp³-hybridized carbons (Fsp3) is 1.00. The zero-order valence-corrected chi connectivity index (χ0v) is 6.54. The summed E-state index contributed by atoms with van der Waals surface area (Å²) in [6.07, 6.45) is 1.24. The van der Waals surface area contributed by atoms with Crippen LogP contribution < -0.4 is 0 Å². The zero-order chi connectivity index (χ0) is 7.56. The molecule has 1 aliphatic heterocycles. The molecule has 0 saturated carbocycles. The quantitative estimate of drug-likeness (QED) is 0.521. The Morgan fingerprint density at radius 3 is 2.80 bits per heavy atom. The molecular weight excluding hydrogens is 127 g/mol. The van der Waals surface area contributed by atoms with Gasteiger partial charge in [-0.1, -0.05) is 6.92 Å².